The van der Waals surface area contributed by atoms with E-state index < -0.39 is 0 Å². The molecule has 0 saturated heterocycles. The smallest absolute Gasteiger partial charge is 0.0861 e. The van der Waals surface area contributed by atoms with Crippen molar-refractivity contribution >= 4 is 6.01 Å². The third kappa shape index (κ3) is 7.23. The Morgan fingerprint density at radius 1 is 1.45 bits per heavy atom. The molecule has 0 aliphatic rings. The first-order valence-corrected chi connectivity index (χ1v) is 4.08. The number of hydrogen-bond acceptors (Lipinski definition) is 3. The molecule has 3 heteroatoms. The van der Waals surface area contributed by atoms with Gasteiger partial charge in [-0.15, -0.1) is 0 Å². The van der Waals surface area contributed by atoms with Gasteiger partial charge in [0, 0.05) is 0 Å². The summed E-state index contributed by atoms with van der Waals surface area (Å²) in [6.07, 6.45) is 2.23. The predicted molar refractivity (Wildman–Crippen MR) is 47.4 cm³/mol. The molecule has 0 aromatic carbocycles. The van der Waals surface area contributed by atoms with Gasteiger partial charge in [-0.25, -0.2) is 10.4 Å². The van der Waals surface area contributed by atoms with Crippen LogP contribution in [0.5, 0.6) is 0 Å². The van der Waals surface area contributed by atoms with Gasteiger partial charge in [0.15, 0.2) is 0 Å². The van der Waals surface area contributed by atoms with Crippen molar-refractivity contribution in [3.8, 4) is 0 Å². The van der Waals surface area contributed by atoms with Crippen LogP contribution in [-0.2, 0) is 0 Å². The van der Waals surface area contributed by atoms with E-state index in [2.05, 4.69) is 23.9 Å². The first kappa shape index (κ1) is 10.3. The van der Waals surface area contributed by atoms with E-state index in [1.807, 2.05) is 6.01 Å². The van der Waals surface area contributed by atoms with Crippen LogP contribution in [0.25, 0.3) is 0 Å². The third-order valence-electron chi connectivity index (χ3n) is 1.49. The van der Waals surface area contributed by atoms with Crippen LogP contribution in [-0.4, -0.2) is 37.6 Å². The molecule has 0 saturated carbocycles. The minimum Gasteiger partial charge on any atom is -0.306 e. The minimum absolute atomic E-state index is 0.734. The van der Waals surface area contributed by atoms with Gasteiger partial charge in [-0.3, -0.25) is 0 Å². The van der Waals surface area contributed by atoms with E-state index in [0.717, 1.165) is 26.1 Å². The highest BCUT2D eigenvalue weighted by Gasteiger charge is 1.93. The van der Waals surface area contributed by atoms with Gasteiger partial charge in [-0.2, -0.15) is 0 Å². The summed E-state index contributed by atoms with van der Waals surface area (Å²) < 4.78 is 0. The maximum atomic E-state index is 6.54. The predicted octanol–water partition coefficient (Wildman–Crippen LogP) is 1.47. The monoisotopic (exact) mass is 155 g/mol. The van der Waals surface area contributed by atoms with E-state index in [0.29, 0.717) is 0 Å². The summed E-state index contributed by atoms with van der Waals surface area (Å²) in [7, 11) is 2.11. The molecule has 0 radical (unpaired) electrons. The van der Waals surface area contributed by atoms with E-state index in [-0.39, 0.29) is 0 Å². The van der Waals surface area contributed by atoms with Gasteiger partial charge in [-0.05, 0) is 33.0 Å². The first-order chi connectivity index (χ1) is 5.31. The van der Waals surface area contributed by atoms with Gasteiger partial charge in [0.25, 0.3) is 0 Å². The molecule has 0 bridgehead atoms. The van der Waals surface area contributed by atoms with Crippen molar-refractivity contribution in [1.29, 1.82) is 5.41 Å². The Balaban J connectivity index is 3.16. The summed E-state index contributed by atoms with van der Waals surface area (Å²) >= 11 is 0. The zero-order chi connectivity index (χ0) is 8.53. The third-order valence-corrected chi connectivity index (χ3v) is 1.49. The number of nitrogens with zero attached hydrogens (tertiary/aromatic N) is 2. The lowest BCUT2D eigenvalue weighted by Crippen LogP contribution is -2.20. The van der Waals surface area contributed by atoms with E-state index in [1.54, 1.807) is 0 Å². The Morgan fingerprint density at radius 3 is 2.73 bits per heavy atom. The van der Waals surface area contributed by atoms with Gasteiger partial charge in [0.1, 0.15) is 0 Å². The lowest BCUT2D eigenvalue weighted by atomic mass is 10.3. The van der Waals surface area contributed by atoms with Crippen LogP contribution < -0.4 is 0 Å². The van der Waals surface area contributed by atoms with Crippen molar-refractivity contribution in [3.05, 3.63) is 0 Å². The van der Waals surface area contributed by atoms with Crippen molar-refractivity contribution in [2.45, 2.75) is 19.8 Å². The highest BCUT2D eigenvalue weighted by atomic mass is 15.1. The maximum Gasteiger partial charge on any atom is 0.0861 e. The molecule has 64 valence electrons. The molecule has 0 aromatic heterocycles. The minimum atomic E-state index is 0.734. The average molecular weight is 155 g/mol. The molecule has 1 N–H and O–H groups in total. The zero-order valence-corrected chi connectivity index (χ0v) is 7.43. The summed E-state index contributed by atoms with van der Waals surface area (Å²) in [6.45, 7) is 5.12. The molecule has 0 amide bonds. The second-order valence-electron chi connectivity index (χ2n) is 2.65. The summed E-state index contributed by atoms with van der Waals surface area (Å²) in [5.41, 5.74) is 0. The molecule has 0 aliphatic heterocycles. The van der Waals surface area contributed by atoms with Crippen molar-refractivity contribution in [1.82, 2.24) is 4.90 Å². The fraction of sp³-hybridized carbons (Fsp3) is 0.875. The highest BCUT2D eigenvalue weighted by molar-refractivity contribution is 5.35. The van der Waals surface area contributed by atoms with E-state index in [1.165, 1.54) is 6.42 Å². The maximum absolute atomic E-state index is 6.54. The van der Waals surface area contributed by atoms with Crippen molar-refractivity contribution in [3.63, 3.8) is 0 Å². The number of rotatable bonds is 6. The lowest BCUT2D eigenvalue weighted by Gasteiger charge is -2.13. The molecular weight excluding hydrogens is 138 g/mol. The van der Waals surface area contributed by atoms with E-state index in [4.69, 9.17) is 5.41 Å². The Bertz CT molecular complexity index is 127. The van der Waals surface area contributed by atoms with Crippen LogP contribution in [0.3, 0.4) is 0 Å². The Kier molecular flexibility index (Phi) is 7.00. The largest absolute Gasteiger partial charge is 0.306 e. The lowest BCUT2D eigenvalue weighted by molar-refractivity contribution is 0.332. The highest BCUT2D eigenvalue weighted by Crippen LogP contribution is 1.89. The van der Waals surface area contributed by atoms with Crippen molar-refractivity contribution in [2.75, 3.05) is 26.7 Å². The van der Waals surface area contributed by atoms with Crippen molar-refractivity contribution < 1.29 is 0 Å². The van der Waals surface area contributed by atoms with Crippen LogP contribution in [0, 0.1) is 5.41 Å². The SMILES string of the molecule is CCCN(C)CCCN=C=N. The van der Waals surface area contributed by atoms with Crippen LogP contribution in [0.1, 0.15) is 19.8 Å². The van der Waals surface area contributed by atoms with Crippen LogP contribution >= 0.6 is 0 Å². The Morgan fingerprint density at radius 2 is 2.18 bits per heavy atom. The van der Waals surface area contributed by atoms with Gasteiger partial charge >= 0.3 is 0 Å². The molecule has 0 spiro atoms. The van der Waals surface area contributed by atoms with Crippen molar-refractivity contribution in [2.24, 2.45) is 4.99 Å². The number of nitrogens with one attached hydrogen (secondary N) is 1. The fourth-order valence-corrected chi connectivity index (χ4v) is 0.969. The Labute approximate surface area is 68.6 Å². The molecule has 0 heterocycles. The summed E-state index contributed by atoms with van der Waals surface area (Å²) in [6, 6.07) is 2.03. The average Bonchev–Trinajstić information content (AvgIpc) is 1.99. The Hall–Kier alpha value is -0.660. The summed E-state index contributed by atoms with van der Waals surface area (Å²) in [5.74, 6) is 0. The zero-order valence-electron chi connectivity index (χ0n) is 7.43. The molecule has 11 heavy (non-hydrogen) atoms. The standard InChI is InChI=1S/C8H17N3/c1-3-6-11(2)7-4-5-10-8-9/h9H,3-7H2,1-2H3. The normalized spacial score (nSPS) is 9.73. The van der Waals surface area contributed by atoms with Gasteiger partial charge < -0.3 is 4.90 Å². The molecule has 3 nitrogen and oxygen atoms in total. The van der Waals surface area contributed by atoms with E-state index >= 15 is 0 Å². The van der Waals surface area contributed by atoms with Gasteiger partial charge in [0.2, 0.25) is 0 Å². The van der Waals surface area contributed by atoms with Gasteiger partial charge in [0.05, 0.1) is 12.6 Å². The molecule has 0 rings (SSSR count). The topological polar surface area (TPSA) is 39.5 Å². The second-order valence-corrected chi connectivity index (χ2v) is 2.65. The molecule has 0 aromatic rings. The number of aliphatic imine (C=N–C) groups is 1. The number of hydrogen-bond donors (Lipinski definition) is 1. The second kappa shape index (κ2) is 7.45. The van der Waals surface area contributed by atoms with Crippen LogP contribution in [0.2, 0.25) is 0 Å². The fourth-order valence-electron chi connectivity index (χ4n) is 0.969. The summed E-state index contributed by atoms with van der Waals surface area (Å²) in [5, 5.41) is 6.54. The van der Waals surface area contributed by atoms with Crippen LogP contribution in [0.15, 0.2) is 4.99 Å². The molecule has 0 unspecified atom stereocenters. The quantitative estimate of drug-likeness (QED) is 0.458. The molecule has 0 fully saturated rings. The van der Waals surface area contributed by atoms with Gasteiger partial charge in [-0.1, -0.05) is 6.92 Å². The molecule has 0 atom stereocenters. The molecular formula is C8H17N3. The van der Waals surface area contributed by atoms with E-state index in [9.17, 15) is 0 Å². The first-order valence-electron chi connectivity index (χ1n) is 4.08. The summed E-state index contributed by atoms with van der Waals surface area (Å²) in [4.78, 5) is 5.97. The van der Waals surface area contributed by atoms with Crippen LogP contribution in [0.4, 0.5) is 0 Å². The molecule has 0 aliphatic carbocycles.